The van der Waals surface area contributed by atoms with Crippen molar-refractivity contribution in [2.24, 2.45) is 7.05 Å². The summed E-state index contributed by atoms with van der Waals surface area (Å²) in [5.74, 6) is -1.27. The normalized spacial score (nSPS) is 11.2. The van der Waals surface area contributed by atoms with Crippen LogP contribution in [0.25, 0.3) is 10.6 Å². The van der Waals surface area contributed by atoms with E-state index in [-0.39, 0.29) is 45.8 Å². The molecule has 0 aliphatic rings. The van der Waals surface area contributed by atoms with E-state index in [1.165, 1.54) is 13.2 Å². The third kappa shape index (κ3) is 3.16. The zero-order valence-corrected chi connectivity index (χ0v) is 9.71. The van der Waals surface area contributed by atoms with Gasteiger partial charge in [-0.2, -0.15) is 18.3 Å². The summed E-state index contributed by atoms with van der Waals surface area (Å²) in [7, 11) is 1.39. The summed E-state index contributed by atoms with van der Waals surface area (Å²) in [5.41, 5.74) is -1.16. The Balaban J connectivity index is 0.00000180. The second kappa shape index (κ2) is 5.61. The fourth-order valence-electron chi connectivity index (χ4n) is 1.38. The first-order valence-electron chi connectivity index (χ1n) is 4.59. The van der Waals surface area contributed by atoms with Gasteiger partial charge in [0.2, 0.25) is 0 Å². The third-order valence-corrected chi connectivity index (χ3v) is 3.04. The van der Waals surface area contributed by atoms with E-state index in [9.17, 15) is 18.0 Å². The number of nitrogens with zero attached hydrogens (tertiary/aromatic N) is 3. The number of hydrogen-bond donors (Lipinski definition) is 1. The first kappa shape index (κ1) is 16.2. The van der Waals surface area contributed by atoms with Crippen LogP contribution in [0, 0.1) is 0 Å². The molecule has 0 saturated carbocycles. The summed E-state index contributed by atoms with van der Waals surface area (Å²) in [6.45, 7) is 0. The summed E-state index contributed by atoms with van der Waals surface area (Å²) in [6, 6.07) is 0. The van der Waals surface area contributed by atoms with Crippen molar-refractivity contribution in [1.29, 1.82) is 0 Å². The van der Waals surface area contributed by atoms with Crippen molar-refractivity contribution >= 4 is 46.9 Å². The van der Waals surface area contributed by atoms with Crippen LogP contribution in [-0.4, -0.2) is 55.4 Å². The maximum atomic E-state index is 12.4. The first-order valence-corrected chi connectivity index (χ1v) is 5.47. The Labute approximate surface area is 131 Å². The summed E-state index contributed by atoms with van der Waals surface area (Å²) in [5, 5.41) is 13.5. The number of aromatic carboxylic acids is 1. The van der Waals surface area contributed by atoms with Gasteiger partial charge in [-0.3, -0.25) is 4.68 Å². The van der Waals surface area contributed by atoms with Crippen LogP contribution in [0.2, 0.25) is 0 Å². The quantitative estimate of drug-likeness (QED) is 0.856. The van der Waals surface area contributed by atoms with E-state index in [1.807, 2.05) is 0 Å². The number of halogens is 3. The fraction of sp³-hybridized carbons (Fsp3) is 0.222. The Hall–Kier alpha value is -0.900. The van der Waals surface area contributed by atoms with Gasteiger partial charge in [0.1, 0.15) is 5.01 Å². The van der Waals surface area contributed by atoms with Gasteiger partial charge in [0.05, 0.1) is 11.8 Å². The van der Waals surface area contributed by atoms with Crippen molar-refractivity contribution in [1.82, 2.24) is 14.8 Å². The summed E-state index contributed by atoms with van der Waals surface area (Å²) < 4.78 is 38.2. The van der Waals surface area contributed by atoms with Crippen LogP contribution in [0.4, 0.5) is 13.2 Å². The molecule has 0 unspecified atom stereocenters. The van der Waals surface area contributed by atoms with Gasteiger partial charge in [-0.1, -0.05) is 0 Å². The molecule has 0 aliphatic carbocycles. The van der Waals surface area contributed by atoms with Gasteiger partial charge in [-0.25, -0.2) is 9.78 Å². The van der Waals surface area contributed by atoms with E-state index < -0.39 is 17.8 Å². The molecular weight excluding hydrogens is 294 g/mol. The fourth-order valence-corrected chi connectivity index (χ4v) is 2.21. The maximum absolute atomic E-state index is 12.4. The van der Waals surface area contributed by atoms with Crippen LogP contribution in [0.15, 0.2) is 11.6 Å². The number of carbonyl (C=O) groups is 1. The molecule has 0 fully saturated rings. The average Bonchev–Trinajstić information content (AvgIpc) is 2.81. The van der Waals surface area contributed by atoms with Crippen molar-refractivity contribution < 1.29 is 23.1 Å². The van der Waals surface area contributed by atoms with E-state index in [0.29, 0.717) is 0 Å². The molecule has 0 spiro atoms. The number of alkyl halides is 3. The molecule has 2 aromatic heterocycles. The van der Waals surface area contributed by atoms with Gasteiger partial charge in [-0.15, -0.1) is 11.3 Å². The zero-order chi connectivity index (χ0) is 13.5. The van der Waals surface area contributed by atoms with Crippen LogP contribution >= 0.6 is 11.3 Å². The molecule has 19 heavy (non-hydrogen) atoms. The molecule has 0 atom stereocenters. The van der Waals surface area contributed by atoms with Crippen molar-refractivity contribution in [3.63, 3.8) is 0 Å². The number of aryl methyl sites for hydroxylation is 1. The van der Waals surface area contributed by atoms with Gasteiger partial charge >= 0.3 is 41.7 Å². The molecule has 2 heterocycles. The van der Waals surface area contributed by atoms with E-state index >= 15 is 0 Å². The second-order valence-electron chi connectivity index (χ2n) is 3.37. The average molecular weight is 301 g/mol. The number of hydrogen-bond acceptors (Lipinski definition) is 4. The van der Waals surface area contributed by atoms with Gasteiger partial charge in [-0.05, 0) is 0 Å². The third-order valence-electron chi connectivity index (χ3n) is 2.17. The molecule has 0 bridgehead atoms. The minimum atomic E-state index is -4.54. The number of carboxylic acids is 1. The first-order chi connectivity index (χ1) is 8.30. The van der Waals surface area contributed by atoms with Crippen LogP contribution in [0.1, 0.15) is 16.2 Å². The van der Waals surface area contributed by atoms with Crippen molar-refractivity contribution in [2.75, 3.05) is 0 Å². The Bertz CT molecular complexity index is 608. The molecular formula is C9H7F3N3NaO2S. The zero-order valence-electron chi connectivity index (χ0n) is 8.89. The second-order valence-corrected chi connectivity index (χ2v) is 4.23. The number of thiazole rings is 1. The van der Waals surface area contributed by atoms with Crippen molar-refractivity contribution in [2.45, 2.75) is 6.18 Å². The van der Waals surface area contributed by atoms with E-state index in [4.69, 9.17) is 5.11 Å². The molecule has 0 aromatic carbocycles. The standard InChI is InChI=1S/C9H6F3N3O2S.Na.H/c1-15-6(8(16)17)4(2-13-15)7-14-5(3-18-7)9(10,11)12;;/h2-3H,1H3,(H,16,17);;. The van der Waals surface area contributed by atoms with Gasteiger partial charge < -0.3 is 5.11 Å². The molecule has 98 valence electrons. The molecule has 0 saturated heterocycles. The molecule has 2 aromatic rings. The van der Waals surface area contributed by atoms with E-state index in [2.05, 4.69) is 10.1 Å². The Kier molecular flexibility index (Phi) is 4.77. The SMILES string of the molecule is Cn1ncc(-c2nc(C(F)(F)F)cs2)c1C(=O)O.[NaH]. The molecule has 1 N–H and O–H groups in total. The van der Waals surface area contributed by atoms with Crippen molar-refractivity contribution in [3.8, 4) is 10.6 Å². The number of rotatable bonds is 2. The van der Waals surface area contributed by atoms with Gasteiger partial charge in [0.25, 0.3) is 0 Å². The van der Waals surface area contributed by atoms with Crippen LogP contribution < -0.4 is 0 Å². The van der Waals surface area contributed by atoms with E-state index in [1.54, 1.807) is 0 Å². The number of aromatic nitrogens is 3. The molecule has 2 rings (SSSR count). The van der Waals surface area contributed by atoms with Crippen molar-refractivity contribution in [3.05, 3.63) is 23.0 Å². The summed E-state index contributed by atoms with van der Waals surface area (Å²) in [4.78, 5) is 14.4. The monoisotopic (exact) mass is 301 g/mol. The van der Waals surface area contributed by atoms with Gasteiger partial charge in [0.15, 0.2) is 11.4 Å². The van der Waals surface area contributed by atoms with Crippen LogP contribution in [0.3, 0.4) is 0 Å². The molecule has 0 aliphatic heterocycles. The molecule has 10 heteroatoms. The predicted octanol–water partition coefficient (Wildman–Crippen LogP) is 1.61. The predicted molar refractivity (Wildman–Crippen MR) is 63.4 cm³/mol. The van der Waals surface area contributed by atoms with Crippen LogP contribution in [-0.2, 0) is 13.2 Å². The topological polar surface area (TPSA) is 68.0 Å². The Morgan fingerprint density at radius 2 is 2.11 bits per heavy atom. The Morgan fingerprint density at radius 1 is 1.47 bits per heavy atom. The Morgan fingerprint density at radius 3 is 2.58 bits per heavy atom. The molecule has 0 radical (unpaired) electrons. The minimum absolute atomic E-state index is 0. The molecule has 0 amide bonds. The van der Waals surface area contributed by atoms with E-state index in [0.717, 1.165) is 21.4 Å². The van der Waals surface area contributed by atoms with Crippen LogP contribution in [0.5, 0.6) is 0 Å². The number of carboxylic acid groups (broad SMARTS) is 1. The molecule has 5 nitrogen and oxygen atoms in total. The summed E-state index contributed by atoms with van der Waals surface area (Å²) in [6.07, 6.45) is -3.36. The van der Waals surface area contributed by atoms with Gasteiger partial charge in [0, 0.05) is 12.4 Å². The summed E-state index contributed by atoms with van der Waals surface area (Å²) >= 11 is 0.727.